The number of allylic oxidation sites excluding steroid dienone is 4. The number of unbranched alkanes of at least 4 members (excludes halogenated alkanes) is 1. The van der Waals surface area contributed by atoms with Gasteiger partial charge in [0.05, 0.1) is 5.75 Å². The lowest BCUT2D eigenvalue weighted by molar-refractivity contribution is -0.137. The van der Waals surface area contributed by atoms with Crippen molar-refractivity contribution in [3.05, 3.63) is 57.7 Å². The number of benzene rings is 1. The third-order valence-corrected chi connectivity index (χ3v) is 7.23. The summed E-state index contributed by atoms with van der Waals surface area (Å²) in [5.74, 6) is 0.114. The predicted molar refractivity (Wildman–Crippen MR) is 113 cm³/mol. The summed E-state index contributed by atoms with van der Waals surface area (Å²) in [6, 6.07) is 7.71. The maximum absolute atomic E-state index is 12.5. The minimum absolute atomic E-state index is 0.0752. The SMILES string of the molecule is O=C(O)CCCC=CC1CC2CC(NS(=O)(=O)CCc3ccc(Br)cc3)=C1C2. The molecular formula is C21H26BrNO4S. The van der Waals surface area contributed by atoms with Crippen molar-refractivity contribution in [1.29, 1.82) is 0 Å². The number of aryl methyl sites for hydroxylation is 1. The molecule has 28 heavy (non-hydrogen) atoms. The highest BCUT2D eigenvalue weighted by Crippen LogP contribution is 2.47. The molecular weight excluding hydrogens is 442 g/mol. The van der Waals surface area contributed by atoms with Crippen molar-refractivity contribution in [2.75, 3.05) is 5.75 Å². The smallest absolute Gasteiger partial charge is 0.303 e. The predicted octanol–water partition coefficient (Wildman–Crippen LogP) is 4.41. The van der Waals surface area contributed by atoms with Crippen molar-refractivity contribution in [1.82, 2.24) is 4.72 Å². The quantitative estimate of drug-likeness (QED) is 0.394. The van der Waals surface area contributed by atoms with Crippen LogP contribution in [0, 0.1) is 11.8 Å². The Morgan fingerprint density at radius 2 is 2.00 bits per heavy atom. The van der Waals surface area contributed by atoms with Gasteiger partial charge in [-0.05, 0) is 67.7 Å². The van der Waals surface area contributed by atoms with Crippen molar-refractivity contribution >= 4 is 31.9 Å². The highest BCUT2D eigenvalue weighted by molar-refractivity contribution is 9.10. The Morgan fingerprint density at radius 1 is 1.25 bits per heavy atom. The van der Waals surface area contributed by atoms with E-state index in [1.165, 1.54) is 5.57 Å². The van der Waals surface area contributed by atoms with Crippen LogP contribution in [0.15, 0.2) is 52.2 Å². The van der Waals surface area contributed by atoms with Gasteiger partial charge in [-0.3, -0.25) is 9.52 Å². The zero-order valence-electron chi connectivity index (χ0n) is 15.7. The second-order valence-corrected chi connectivity index (χ2v) is 10.4. The molecule has 0 amide bonds. The average Bonchev–Trinajstić information content (AvgIpc) is 3.20. The molecule has 0 saturated heterocycles. The van der Waals surface area contributed by atoms with Gasteiger partial charge in [-0.1, -0.05) is 40.2 Å². The lowest BCUT2D eigenvalue weighted by Gasteiger charge is -2.19. The zero-order chi connectivity index (χ0) is 20.1. The Labute approximate surface area is 175 Å². The second kappa shape index (κ2) is 9.27. The van der Waals surface area contributed by atoms with Gasteiger partial charge in [-0.15, -0.1) is 0 Å². The van der Waals surface area contributed by atoms with Gasteiger partial charge in [0.2, 0.25) is 10.0 Å². The van der Waals surface area contributed by atoms with Crippen LogP contribution in [0.1, 0.15) is 44.1 Å². The molecule has 3 rings (SSSR count). The first-order valence-electron chi connectivity index (χ1n) is 9.68. The third kappa shape index (κ3) is 5.95. The van der Waals surface area contributed by atoms with Crippen LogP contribution < -0.4 is 4.72 Å². The van der Waals surface area contributed by atoms with Gasteiger partial charge in [0, 0.05) is 22.5 Å². The first-order chi connectivity index (χ1) is 13.3. The second-order valence-electron chi connectivity index (χ2n) is 7.63. The molecule has 2 bridgehead atoms. The molecule has 2 unspecified atom stereocenters. The molecule has 7 heteroatoms. The first kappa shape index (κ1) is 21.1. The van der Waals surface area contributed by atoms with E-state index < -0.39 is 16.0 Å². The van der Waals surface area contributed by atoms with Gasteiger partial charge in [0.15, 0.2) is 0 Å². The summed E-state index contributed by atoms with van der Waals surface area (Å²) < 4.78 is 28.9. The Balaban J connectivity index is 1.55. The Morgan fingerprint density at radius 3 is 2.68 bits per heavy atom. The molecule has 1 aromatic rings. The Kier molecular flexibility index (Phi) is 6.99. The van der Waals surface area contributed by atoms with Crippen LogP contribution in [0.5, 0.6) is 0 Å². The molecule has 2 aliphatic carbocycles. The van der Waals surface area contributed by atoms with Crippen LogP contribution in [0.2, 0.25) is 0 Å². The number of rotatable bonds is 10. The minimum atomic E-state index is -3.37. The number of carboxylic acid groups (broad SMARTS) is 1. The van der Waals surface area contributed by atoms with Gasteiger partial charge in [0.1, 0.15) is 0 Å². The molecule has 152 valence electrons. The maximum atomic E-state index is 12.5. The fourth-order valence-corrected chi connectivity index (χ4v) is 5.51. The standard InChI is InChI=1S/C21H26BrNO4S/c22-18-8-6-15(7-9-18)10-11-28(26,27)23-20-14-16-12-17(19(20)13-16)4-2-1-3-5-21(24)25/h2,4,6-9,16-17,23H,1,3,5,10-14H2,(H,24,25). The molecule has 0 aliphatic heterocycles. The molecule has 2 aliphatic rings. The van der Waals surface area contributed by atoms with Crippen LogP contribution in [0.3, 0.4) is 0 Å². The summed E-state index contributed by atoms with van der Waals surface area (Å²) in [5, 5.41) is 8.68. The molecule has 5 nitrogen and oxygen atoms in total. The van der Waals surface area contributed by atoms with E-state index in [4.69, 9.17) is 5.11 Å². The molecule has 1 fully saturated rings. The molecule has 0 radical (unpaired) electrons. The summed E-state index contributed by atoms with van der Waals surface area (Å²) in [6.07, 6.45) is 9.07. The van der Waals surface area contributed by atoms with E-state index >= 15 is 0 Å². The number of sulfonamides is 1. The molecule has 1 saturated carbocycles. The number of aliphatic carboxylic acids is 1. The minimum Gasteiger partial charge on any atom is -0.481 e. The van der Waals surface area contributed by atoms with E-state index in [1.807, 2.05) is 30.3 Å². The van der Waals surface area contributed by atoms with E-state index in [0.29, 0.717) is 18.8 Å². The van der Waals surface area contributed by atoms with Crippen molar-refractivity contribution in [3.63, 3.8) is 0 Å². The summed E-state index contributed by atoms with van der Waals surface area (Å²) in [6.45, 7) is 0. The van der Waals surface area contributed by atoms with Crippen LogP contribution >= 0.6 is 15.9 Å². The Bertz CT molecular complexity index is 874. The van der Waals surface area contributed by atoms with Crippen molar-refractivity contribution in [2.45, 2.75) is 44.9 Å². The van der Waals surface area contributed by atoms with Crippen molar-refractivity contribution in [3.8, 4) is 0 Å². The number of halogens is 1. The number of carboxylic acids is 1. The summed E-state index contributed by atoms with van der Waals surface area (Å²) in [5.41, 5.74) is 3.10. The number of nitrogens with one attached hydrogen (secondary N) is 1. The number of hydrogen-bond donors (Lipinski definition) is 2. The lowest BCUT2D eigenvalue weighted by Crippen LogP contribution is -2.28. The third-order valence-electron chi connectivity index (χ3n) is 5.41. The van der Waals surface area contributed by atoms with Crippen LogP contribution in [-0.4, -0.2) is 25.2 Å². The molecule has 0 aromatic heterocycles. The van der Waals surface area contributed by atoms with E-state index in [1.54, 1.807) is 0 Å². The van der Waals surface area contributed by atoms with Gasteiger partial charge in [-0.25, -0.2) is 8.42 Å². The van der Waals surface area contributed by atoms with Crippen LogP contribution in [-0.2, 0) is 21.2 Å². The van der Waals surface area contributed by atoms with Crippen molar-refractivity contribution in [2.24, 2.45) is 11.8 Å². The van der Waals surface area contributed by atoms with E-state index in [2.05, 4.69) is 26.7 Å². The lowest BCUT2D eigenvalue weighted by atomic mass is 9.93. The summed E-state index contributed by atoms with van der Waals surface area (Å²) in [4.78, 5) is 10.6. The van der Waals surface area contributed by atoms with Gasteiger partial charge < -0.3 is 5.11 Å². The average molecular weight is 468 g/mol. The van der Waals surface area contributed by atoms with Crippen LogP contribution in [0.4, 0.5) is 0 Å². The highest BCUT2D eigenvalue weighted by Gasteiger charge is 2.37. The Hall–Kier alpha value is -1.60. The van der Waals surface area contributed by atoms with E-state index in [9.17, 15) is 13.2 Å². The molecule has 0 spiro atoms. The summed E-state index contributed by atoms with van der Waals surface area (Å²) in [7, 11) is -3.37. The molecule has 1 aromatic carbocycles. The first-order valence-corrected chi connectivity index (χ1v) is 12.1. The largest absolute Gasteiger partial charge is 0.481 e. The monoisotopic (exact) mass is 467 g/mol. The molecule has 2 N–H and O–H groups in total. The molecule has 0 heterocycles. The maximum Gasteiger partial charge on any atom is 0.303 e. The normalized spacial score (nSPS) is 21.6. The summed E-state index contributed by atoms with van der Waals surface area (Å²) >= 11 is 3.38. The number of fused-ring (bicyclic) bond motifs is 2. The number of carbonyl (C=O) groups is 1. The van der Waals surface area contributed by atoms with Crippen LogP contribution in [0.25, 0.3) is 0 Å². The van der Waals surface area contributed by atoms with Gasteiger partial charge in [0.25, 0.3) is 0 Å². The topological polar surface area (TPSA) is 83.5 Å². The molecule has 2 atom stereocenters. The van der Waals surface area contributed by atoms with Crippen molar-refractivity contribution < 1.29 is 18.3 Å². The van der Waals surface area contributed by atoms with Gasteiger partial charge in [-0.2, -0.15) is 0 Å². The fraction of sp³-hybridized carbons (Fsp3) is 0.476. The number of hydrogen-bond acceptors (Lipinski definition) is 3. The van der Waals surface area contributed by atoms with E-state index in [-0.39, 0.29) is 18.1 Å². The fourth-order valence-electron chi connectivity index (χ4n) is 4.04. The van der Waals surface area contributed by atoms with E-state index in [0.717, 1.165) is 41.4 Å². The van der Waals surface area contributed by atoms with Gasteiger partial charge >= 0.3 is 5.97 Å². The zero-order valence-corrected chi connectivity index (χ0v) is 18.1. The highest BCUT2D eigenvalue weighted by atomic mass is 79.9.